The first-order valence-electron chi connectivity index (χ1n) is 8.10. The fourth-order valence-corrected chi connectivity index (χ4v) is 2.02. The summed E-state index contributed by atoms with van der Waals surface area (Å²) in [7, 11) is 0. The molecule has 0 fully saturated rings. The molecule has 6 nitrogen and oxygen atoms in total. The van der Waals surface area contributed by atoms with E-state index >= 15 is 0 Å². The maximum Gasteiger partial charge on any atom is 0.344 e. The molecule has 1 N–H and O–H groups in total. The summed E-state index contributed by atoms with van der Waals surface area (Å²) in [6.07, 6.45) is -1.09. The Morgan fingerprint density at radius 1 is 1.04 bits per heavy atom. The van der Waals surface area contributed by atoms with Gasteiger partial charge in [0, 0.05) is 0 Å². The van der Waals surface area contributed by atoms with Gasteiger partial charge in [0.15, 0.2) is 12.7 Å². The Hall–Kier alpha value is -3.09. The highest BCUT2D eigenvalue weighted by atomic mass is 19.1. The van der Waals surface area contributed by atoms with Gasteiger partial charge in [-0.1, -0.05) is 12.1 Å². The van der Waals surface area contributed by atoms with Gasteiger partial charge in [-0.2, -0.15) is 0 Å². The van der Waals surface area contributed by atoms with Crippen LogP contribution in [0.25, 0.3) is 0 Å². The van der Waals surface area contributed by atoms with Crippen LogP contribution in [0.1, 0.15) is 13.8 Å². The predicted octanol–water partition coefficient (Wildman–Crippen LogP) is 3.17. The lowest BCUT2D eigenvalue weighted by Crippen LogP contribution is -2.31. The number of hydrogen-bond acceptors (Lipinski definition) is 5. The average molecular weight is 361 g/mol. The third kappa shape index (κ3) is 5.77. The Kier molecular flexibility index (Phi) is 6.96. The van der Waals surface area contributed by atoms with Crippen LogP contribution in [0.3, 0.4) is 0 Å². The van der Waals surface area contributed by atoms with E-state index in [1.807, 2.05) is 6.92 Å². The maximum atomic E-state index is 13.5. The minimum atomic E-state index is -1.09. The molecular formula is C19H20FNO5. The minimum Gasteiger partial charge on any atom is -0.494 e. The van der Waals surface area contributed by atoms with Gasteiger partial charge < -0.3 is 19.5 Å². The molecule has 26 heavy (non-hydrogen) atoms. The normalized spacial score (nSPS) is 11.3. The molecule has 0 aromatic heterocycles. The summed E-state index contributed by atoms with van der Waals surface area (Å²) in [4.78, 5) is 23.8. The van der Waals surface area contributed by atoms with E-state index in [1.165, 1.54) is 25.1 Å². The van der Waals surface area contributed by atoms with Crippen molar-refractivity contribution < 1.29 is 28.2 Å². The summed E-state index contributed by atoms with van der Waals surface area (Å²) in [5, 5.41) is 2.36. The molecule has 0 aliphatic rings. The molecule has 1 atom stereocenters. The van der Waals surface area contributed by atoms with Crippen molar-refractivity contribution >= 4 is 17.6 Å². The molecule has 7 heteroatoms. The lowest BCUT2D eigenvalue weighted by Gasteiger charge is -2.14. The van der Waals surface area contributed by atoms with Gasteiger partial charge in [-0.3, -0.25) is 4.79 Å². The van der Waals surface area contributed by atoms with Crippen LogP contribution in [0.2, 0.25) is 0 Å². The van der Waals surface area contributed by atoms with Crippen molar-refractivity contribution in [1.29, 1.82) is 0 Å². The Balaban J connectivity index is 1.79. The number of carbonyl (C=O) groups excluding carboxylic acids is 2. The molecular weight excluding hydrogens is 341 g/mol. The van der Waals surface area contributed by atoms with E-state index in [-0.39, 0.29) is 12.3 Å². The topological polar surface area (TPSA) is 73.9 Å². The molecule has 0 bridgehead atoms. The lowest BCUT2D eigenvalue weighted by molar-refractivity contribution is -0.155. The van der Waals surface area contributed by atoms with E-state index in [2.05, 4.69) is 5.32 Å². The minimum absolute atomic E-state index is 0.0195. The number of ether oxygens (including phenoxy) is 3. The molecule has 0 saturated heterocycles. The summed E-state index contributed by atoms with van der Waals surface area (Å²) in [5.74, 6) is -0.757. The van der Waals surface area contributed by atoms with Gasteiger partial charge in [-0.05, 0) is 50.2 Å². The third-order valence-corrected chi connectivity index (χ3v) is 3.30. The zero-order valence-corrected chi connectivity index (χ0v) is 14.5. The number of hydrogen-bond donors (Lipinski definition) is 1. The van der Waals surface area contributed by atoms with E-state index in [9.17, 15) is 14.0 Å². The SMILES string of the molecule is CCOc1ccc(OCC(=O)O[C@H](C)C(=O)Nc2ccccc2F)cc1. The first kappa shape index (κ1) is 19.2. The van der Waals surface area contributed by atoms with Crippen LogP contribution in [-0.4, -0.2) is 31.2 Å². The number of carbonyl (C=O) groups is 2. The van der Waals surface area contributed by atoms with E-state index in [0.717, 1.165) is 0 Å². The van der Waals surface area contributed by atoms with Crippen molar-refractivity contribution in [3.05, 3.63) is 54.3 Å². The first-order valence-corrected chi connectivity index (χ1v) is 8.10. The second-order valence-corrected chi connectivity index (χ2v) is 5.29. The van der Waals surface area contributed by atoms with E-state index < -0.39 is 23.8 Å². The van der Waals surface area contributed by atoms with Crippen molar-refractivity contribution in [2.45, 2.75) is 20.0 Å². The molecule has 2 aromatic carbocycles. The number of para-hydroxylation sites is 1. The molecule has 2 rings (SSSR count). The van der Waals surface area contributed by atoms with Crippen LogP contribution in [-0.2, 0) is 14.3 Å². The van der Waals surface area contributed by atoms with Crippen LogP contribution < -0.4 is 14.8 Å². The zero-order valence-electron chi connectivity index (χ0n) is 14.5. The molecule has 0 saturated carbocycles. The highest BCUT2D eigenvalue weighted by Gasteiger charge is 2.19. The van der Waals surface area contributed by atoms with Crippen molar-refractivity contribution in [3.8, 4) is 11.5 Å². The fourth-order valence-electron chi connectivity index (χ4n) is 2.02. The van der Waals surface area contributed by atoms with Crippen LogP contribution in [0.15, 0.2) is 48.5 Å². The molecule has 0 heterocycles. The monoisotopic (exact) mass is 361 g/mol. The molecule has 0 aliphatic heterocycles. The molecule has 0 spiro atoms. The smallest absolute Gasteiger partial charge is 0.344 e. The standard InChI is InChI=1S/C19H20FNO5/c1-3-24-14-8-10-15(11-9-14)25-12-18(22)26-13(2)19(23)21-17-7-5-4-6-16(17)20/h4-11,13H,3,12H2,1-2H3,(H,21,23)/t13-/m1/s1. The number of rotatable bonds is 8. The van der Waals surface area contributed by atoms with Crippen LogP contribution >= 0.6 is 0 Å². The first-order chi connectivity index (χ1) is 12.5. The highest BCUT2D eigenvalue weighted by Crippen LogP contribution is 2.17. The van der Waals surface area contributed by atoms with Gasteiger partial charge in [0.25, 0.3) is 5.91 Å². The largest absolute Gasteiger partial charge is 0.494 e. The maximum absolute atomic E-state index is 13.5. The van der Waals surface area contributed by atoms with Gasteiger partial charge in [0.1, 0.15) is 17.3 Å². The summed E-state index contributed by atoms with van der Waals surface area (Å²) in [6.45, 7) is 3.47. The molecule has 0 radical (unpaired) electrons. The van der Waals surface area contributed by atoms with E-state index in [0.29, 0.717) is 18.1 Å². The van der Waals surface area contributed by atoms with Crippen molar-refractivity contribution in [1.82, 2.24) is 0 Å². The van der Waals surface area contributed by atoms with Crippen molar-refractivity contribution in [3.63, 3.8) is 0 Å². The summed E-state index contributed by atoms with van der Waals surface area (Å²) < 4.78 is 29.1. The number of halogens is 1. The number of nitrogens with one attached hydrogen (secondary N) is 1. The van der Waals surface area contributed by atoms with Gasteiger partial charge in [-0.25, -0.2) is 9.18 Å². The van der Waals surface area contributed by atoms with Gasteiger partial charge >= 0.3 is 5.97 Å². The Labute approximate surface area is 150 Å². The molecule has 0 aliphatic carbocycles. The second kappa shape index (κ2) is 9.41. The third-order valence-electron chi connectivity index (χ3n) is 3.30. The second-order valence-electron chi connectivity index (χ2n) is 5.29. The van der Waals surface area contributed by atoms with Gasteiger partial charge in [0.2, 0.25) is 0 Å². The van der Waals surface area contributed by atoms with Gasteiger partial charge in [-0.15, -0.1) is 0 Å². The van der Waals surface area contributed by atoms with Crippen molar-refractivity contribution in [2.24, 2.45) is 0 Å². The average Bonchev–Trinajstić information content (AvgIpc) is 2.63. The highest BCUT2D eigenvalue weighted by molar-refractivity contribution is 5.95. The summed E-state index contributed by atoms with van der Waals surface area (Å²) in [5.41, 5.74) is 0.0195. The molecule has 2 aromatic rings. The Bertz CT molecular complexity index is 748. The van der Waals surface area contributed by atoms with Crippen LogP contribution in [0.5, 0.6) is 11.5 Å². The number of benzene rings is 2. The lowest BCUT2D eigenvalue weighted by atomic mass is 10.3. The van der Waals surface area contributed by atoms with Gasteiger partial charge in [0.05, 0.1) is 12.3 Å². The zero-order chi connectivity index (χ0) is 18.9. The number of amides is 1. The molecule has 138 valence electrons. The van der Waals surface area contributed by atoms with Crippen LogP contribution in [0, 0.1) is 5.82 Å². The summed E-state index contributed by atoms with van der Waals surface area (Å²) >= 11 is 0. The van der Waals surface area contributed by atoms with Crippen molar-refractivity contribution in [2.75, 3.05) is 18.5 Å². The number of anilines is 1. The quantitative estimate of drug-likeness (QED) is 0.731. The predicted molar refractivity (Wildman–Crippen MR) is 93.7 cm³/mol. The molecule has 0 unspecified atom stereocenters. The number of esters is 1. The van der Waals surface area contributed by atoms with Crippen LogP contribution in [0.4, 0.5) is 10.1 Å². The van der Waals surface area contributed by atoms with E-state index in [1.54, 1.807) is 30.3 Å². The summed E-state index contributed by atoms with van der Waals surface area (Å²) in [6, 6.07) is 12.5. The Morgan fingerprint density at radius 2 is 1.65 bits per heavy atom. The molecule has 1 amide bonds. The Morgan fingerprint density at radius 3 is 2.27 bits per heavy atom. The van der Waals surface area contributed by atoms with E-state index in [4.69, 9.17) is 14.2 Å². The fraction of sp³-hybridized carbons (Fsp3) is 0.263.